The summed E-state index contributed by atoms with van der Waals surface area (Å²) >= 11 is 0. The van der Waals surface area contributed by atoms with Gasteiger partial charge in [-0.3, -0.25) is 0 Å². The summed E-state index contributed by atoms with van der Waals surface area (Å²) < 4.78 is 16.4. The summed E-state index contributed by atoms with van der Waals surface area (Å²) in [7, 11) is 0. The van der Waals surface area contributed by atoms with Crippen LogP contribution in [0.2, 0.25) is 0 Å². The van der Waals surface area contributed by atoms with Gasteiger partial charge in [-0.05, 0) is 64.8 Å². The molecule has 0 fully saturated rings. The average molecular weight is 360 g/mol. The lowest BCUT2D eigenvalue weighted by Crippen LogP contribution is -2.39. The molecule has 5 nitrogen and oxygen atoms in total. The Kier molecular flexibility index (Phi) is 7.00. The van der Waals surface area contributed by atoms with Crippen LogP contribution in [-0.2, 0) is 4.74 Å². The summed E-state index contributed by atoms with van der Waals surface area (Å²) in [6.07, 6.45) is 2.88. The number of allylic oxidation sites excluding steroid dienone is 1. The first-order chi connectivity index (χ1) is 12.3. The predicted octanol–water partition coefficient (Wildman–Crippen LogP) is 4.07. The Bertz CT molecular complexity index is 803. The van der Waals surface area contributed by atoms with Gasteiger partial charge in [0.25, 0.3) is 0 Å². The molecule has 2 aromatic rings. The Balaban J connectivity index is 1.86. The second-order valence-electron chi connectivity index (χ2n) is 6.91. The highest BCUT2D eigenvalue weighted by Crippen LogP contribution is 2.21. The monoisotopic (exact) mass is 360 g/mol. The van der Waals surface area contributed by atoms with Crippen LogP contribution in [0.4, 0.5) is 0 Å². The van der Waals surface area contributed by atoms with Crippen molar-refractivity contribution in [3.63, 3.8) is 0 Å². The fourth-order valence-electron chi connectivity index (χ4n) is 2.69. The normalized spacial score (nSPS) is 13.8. The van der Waals surface area contributed by atoms with E-state index in [1.54, 1.807) is 12.1 Å². The first kappa shape index (κ1) is 20.2. The number of aliphatic hydroxyl groups is 1. The van der Waals surface area contributed by atoms with Crippen LogP contribution >= 0.6 is 0 Å². The van der Waals surface area contributed by atoms with Crippen molar-refractivity contribution >= 4 is 11.0 Å². The lowest BCUT2D eigenvalue weighted by atomic mass is 9.95. The van der Waals surface area contributed by atoms with E-state index in [0.717, 1.165) is 17.4 Å². The Labute approximate surface area is 154 Å². The number of aliphatic hydroxyl groups excluding tert-OH is 1. The molecule has 0 aliphatic heterocycles. The summed E-state index contributed by atoms with van der Waals surface area (Å²) in [4.78, 5) is 11.3. The maximum Gasteiger partial charge on any atom is 0.336 e. The average Bonchev–Trinajstić information content (AvgIpc) is 2.59. The third-order valence-electron chi connectivity index (χ3n) is 4.41. The minimum atomic E-state index is -0.541. The van der Waals surface area contributed by atoms with Crippen molar-refractivity contribution in [3.8, 4) is 5.75 Å². The van der Waals surface area contributed by atoms with Gasteiger partial charge in [0, 0.05) is 24.1 Å². The molecule has 1 atom stereocenters. The van der Waals surface area contributed by atoms with Crippen LogP contribution in [0.3, 0.4) is 0 Å². The minimum absolute atomic E-state index is 0.376. The van der Waals surface area contributed by atoms with Crippen molar-refractivity contribution < 1.29 is 19.0 Å². The molecule has 26 heavy (non-hydrogen) atoms. The molecular formula is C21H28O5. The summed E-state index contributed by atoms with van der Waals surface area (Å²) in [5, 5.41) is 11.1. The van der Waals surface area contributed by atoms with Crippen LogP contribution in [0.15, 0.2) is 51.2 Å². The van der Waals surface area contributed by atoms with Crippen LogP contribution in [0.5, 0.6) is 5.75 Å². The highest BCUT2D eigenvalue weighted by Gasteiger charge is 2.27. The number of benzene rings is 1. The van der Waals surface area contributed by atoms with Gasteiger partial charge in [0.2, 0.25) is 0 Å². The molecule has 0 saturated carbocycles. The largest absolute Gasteiger partial charge is 0.489 e. The molecule has 0 aliphatic carbocycles. The Morgan fingerprint density at radius 2 is 2.04 bits per heavy atom. The summed E-state index contributed by atoms with van der Waals surface area (Å²) in [6, 6.07) is 8.55. The number of rotatable bonds is 9. The molecule has 0 aliphatic rings. The zero-order valence-corrected chi connectivity index (χ0v) is 16.0. The second-order valence-corrected chi connectivity index (χ2v) is 6.91. The van der Waals surface area contributed by atoms with Gasteiger partial charge in [0.05, 0.1) is 11.7 Å². The Morgan fingerprint density at radius 1 is 1.31 bits per heavy atom. The Morgan fingerprint density at radius 3 is 2.77 bits per heavy atom. The summed E-state index contributed by atoms with van der Waals surface area (Å²) in [6.45, 7) is 8.75. The van der Waals surface area contributed by atoms with E-state index in [-0.39, 0.29) is 5.63 Å². The van der Waals surface area contributed by atoms with Gasteiger partial charge in [-0.2, -0.15) is 0 Å². The fraction of sp³-hybridized carbons (Fsp3) is 0.476. The summed E-state index contributed by atoms with van der Waals surface area (Å²) in [5.41, 5.74) is 0.736. The van der Waals surface area contributed by atoms with Gasteiger partial charge < -0.3 is 19.0 Å². The smallest absolute Gasteiger partial charge is 0.336 e. The van der Waals surface area contributed by atoms with Crippen LogP contribution in [0.25, 0.3) is 11.0 Å². The van der Waals surface area contributed by atoms with Crippen molar-refractivity contribution in [1.29, 1.82) is 0 Å². The van der Waals surface area contributed by atoms with Crippen molar-refractivity contribution in [1.82, 2.24) is 0 Å². The van der Waals surface area contributed by atoms with Crippen molar-refractivity contribution in [2.45, 2.75) is 52.2 Å². The van der Waals surface area contributed by atoms with Crippen molar-refractivity contribution in [2.75, 3.05) is 13.2 Å². The molecule has 1 aromatic carbocycles. The van der Waals surface area contributed by atoms with Gasteiger partial charge in [-0.1, -0.05) is 5.57 Å². The van der Waals surface area contributed by atoms with Crippen LogP contribution < -0.4 is 10.4 Å². The standard InChI is InChI=1S/C21H28O5/c1-5-25-21(3,4)19(22)10-6-15(2)12-13-24-17-9-7-16-8-11-20(23)26-18(16)14-17/h7-9,11-12,14,19,22H,5-6,10,13H2,1-4H3. The molecule has 0 radical (unpaired) electrons. The molecule has 2 rings (SSSR count). The van der Waals surface area contributed by atoms with Crippen LogP contribution in [0, 0.1) is 0 Å². The quantitative estimate of drug-likeness (QED) is 0.539. The van der Waals surface area contributed by atoms with Gasteiger partial charge in [0.1, 0.15) is 17.9 Å². The summed E-state index contributed by atoms with van der Waals surface area (Å²) in [5.74, 6) is 0.647. The zero-order chi connectivity index (χ0) is 19.2. The van der Waals surface area contributed by atoms with Gasteiger partial charge in [-0.15, -0.1) is 0 Å². The fourth-order valence-corrected chi connectivity index (χ4v) is 2.69. The van der Waals surface area contributed by atoms with Gasteiger partial charge in [-0.25, -0.2) is 4.79 Å². The van der Waals surface area contributed by atoms with E-state index in [1.807, 2.05) is 45.9 Å². The number of fused-ring (bicyclic) bond motifs is 1. The lowest BCUT2D eigenvalue weighted by molar-refractivity contribution is -0.0983. The van der Waals surface area contributed by atoms with E-state index < -0.39 is 11.7 Å². The predicted molar refractivity (Wildman–Crippen MR) is 103 cm³/mol. The number of ether oxygens (including phenoxy) is 2. The first-order valence-electron chi connectivity index (χ1n) is 8.96. The van der Waals surface area contributed by atoms with Gasteiger partial charge >= 0.3 is 5.63 Å². The molecule has 1 unspecified atom stereocenters. The maximum absolute atomic E-state index is 11.3. The highest BCUT2D eigenvalue weighted by atomic mass is 16.5. The molecule has 0 bridgehead atoms. The topological polar surface area (TPSA) is 68.9 Å². The van der Waals surface area contributed by atoms with Gasteiger partial charge in [0.15, 0.2) is 0 Å². The minimum Gasteiger partial charge on any atom is -0.489 e. The molecular weight excluding hydrogens is 332 g/mol. The number of hydrogen-bond acceptors (Lipinski definition) is 5. The van der Waals surface area contributed by atoms with E-state index >= 15 is 0 Å². The molecule has 142 valence electrons. The molecule has 0 amide bonds. The van der Waals surface area contributed by atoms with E-state index in [2.05, 4.69) is 0 Å². The van der Waals surface area contributed by atoms with Crippen molar-refractivity contribution in [2.24, 2.45) is 0 Å². The molecule has 1 N–H and O–H groups in total. The van der Waals surface area contributed by atoms with E-state index in [1.165, 1.54) is 6.07 Å². The highest BCUT2D eigenvalue weighted by molar-refractivity contribution is 5.77. The molecule has 1 heterocycles. The van der Waals surface area contributed by atoms with Crippen molar-refractivity contribution in [3.05, 3.63) is 52.4 Å². The number of hydrogen-bond donors (Lipinski definition) is 1. The molecule has 0 saturated heterocycles. The first-order valence-corrected chi connectivity index (χ1v) is 8.96. The van der Waals surface area contributed by atoms with E-state index in [0.29, 0.717) is 31.0 Å². The SMILES string of the molecule is CCOC(C)(C)C(O)CCC(C)=CCOc1ccc2ccc(=O)oc2c1. The molecule has 5 heteroatoms. The molecule has 1 aromatic heterocycles. The third-order valence-corrected chi connectivity index (χ3v) is 4.41. The van der Waals surface area contributed by atoms with Crippen LogP contribution in [-0.4, -0.2) is 30.0 Å². The lowest BCUT2D eigenvalue weighted by Gasteiger charge is -2.30. The third kappa shape index (κ3) is 5.71. The Hall–Kier alpha value is -2.11. The second kappa shape index (κ2) is 9.01. The zero-order valence-electron chi connectivity index (χ0n) is 16.0. The van der Waals surface area contributed by atoms with Crippen LogP contribution in [0.1, 0.15) is 40.5 Å². The maximum atomic E-state index is 11.3. The molecule has 0 spiro atoms. The van der Waals surface area contributed by atoms with E-state index in [9.17, 15) is 9.90 Å². The van der Waals surface area contributed by atoms with E-state index in [4.69, 9.17) is 13.9 Å².